The lowest BCUT2D eigenvalue weighted by molar-refractivity contribution is 0.0964. The van der Waals surface area contributed by atoms with E-state index in [1.54, 1.807) is 19.2 Å². The Kier molecular flexibility index (Phi) is 4.50. The smallest absolute Gasteiger partial charge is 0.255 e. The van der Waals surface area contributed by atoms with E-state index >= 15 is 0 Å². The van der Waals surface area contributed by atoms with Crippen molar-refractivity contribution >= 4 is 28.4 Å². The molecule has 0 unspecified atom stereocenters. The van der Waals surface area contributed by atoms with Crippen LogP contribution in [0.1, 0.15) is 22.8 Å². The van der Waals surface area contributed by atoms with Gasteiger partial charge in [-0.25, -0.2) is 4.39 Å². The SMILES string of the molecule is C=C(C)c1cc2c(C(=O)NC)c(-c3ccc(F)cc3)oc2nc1N(C)C. The number of rotatable bonds is 4. The number of aromatic nitrogens is 1. The molecule has 1 N–H and O–H groups in total. The van der Waals surface area contributed by atoms with Crippen LogP contribution in [0.15, 0.2) is 41.3 Å². The van der Waals surface area contributed by atoms with Crippen LogP contribution in [0.2, 0.25) is 0 Å². The first-order valence-electron chi connectivity index (χ1n) is 8.12. The number of pyridine rings is 1. The summed E-state index contributed by atoms with van der Waals surface area (Å²) in [5, 5.41) is 3.22. The molecule has 3 rings (SSSR count). The Morgan fingerprint density at radius 2 is 1.92 bits per heavy atom. The van der Waals surface area contributed by atoms with E-state index in [1.165, 1.54) is 12.1 Å². The van der Waals surface area contributed by atoms with Crippen molar-refractivity contribution in [1.29, 1.82) is 0 Å². The Balaban J connectivity index is 2.36. The van der Waals surface area contributed by atoms with E-state index in [-0.39, 0.29) is 11.7 Å². The molecule has 134 valence electrons. The average molecular weight is 353 g/mol. The summed E-state index contributed by atoms with van der Waals surface area (Å²) in [5.41, 5.74) is 2.98. The fourth-order valence-corrected chi connectivity index (χ4v) is 2.82. The number of fused-ring (bicyclic) bond motifs is 1. The van der Waals surface area contributed by atoms with Crippen LogP contribution in [0.4, 0.5) is 10.2 Å². The number of hydrogen-bond acceptors (Lipinski definition) is 4. The highest BCUT2D eigenvalue weighted by Crippen LogP contribution is 2.36. The summed E-state index contributed by atoms with van der Waals surface area (Å²) >= 11 is 0. The molecule has 0 aliphatic carbocycles. The van der Waals surface area contributed by atoms with E-state index in [9.17, 15) is 9.18 Å². The Morgan fingerprint density at radius 1 is 1.27 bits per heavy atom. The van der Waals surface area contributed by atoms with Gasteiger partial charge in [0.05, 0.1) is 10.9 Å². The molecule has 0 saturated heterocycles. The summed E-state index contributed by atoms with van der Waals surface area (Å²) in [7, 11) is 5.31. The molecule has 1 aromatic carbocycles. The van der Waals surface area contributed by atoms with Crippen LogP contribution < -0.4 is 10.2 Å². The number of benzene rings is 1. The zero-order chi connectivity index (χ0) is 19.0. The van der Waals surface area contributed by atoms with Crippen molar-refractivity contribution in [3.8, 4) is 11.3 Å². The van der Waals surface area contributed by atoms with Gasteiger partial charge >= 0.3 is 0 Å². The van der Waals surface area contributed by atoms with Gasteiger partial charge in [0.25, 0.3) is 5.91 Å². The lowest BCUT2D eigenvalue weighted by atomic mass is 10.0. The van der Waals surface area contributed by atoms with E-state index < -0.39 is 0 Å². The standard InChI is InChI=1S/C20H20FN3O2/c1-11(2)14-10-15-16(19(25)22-3)17(12-6-8-13(21)9-7-12)26-20(15)23-18(14)24(4)5/h6-10H,1H2,2-5H3,(H,22,25). The largest absolute Gasteiger partial charge is 0.437 e. The third-order valence-electron chi connectivity index (χ3n) is 4.11. The maximum atomic E-state index is 13.3. The van der Waals surface area contributed by atoms with Crippen molar-refractivity contribution in [3.05, 3.63) is 53.9 Å². The fourth-order valence-electron chi connectivity index (χ4n) is 2.82. The molecule has 2 heterocycles. The van der Waals surface area contributed by atoms with Gasteiger partial charge in [-0.3, -0.25) is 4.79 Å². The van der Waals surface area contributed by atoms with Crippen molar-refractivity contribution in [3.63, 3.8) is 0 Å². The van der Waals surface area contributed by atoms with E-state index in [4.69, 9.17) is 4.42 Å². The number of nitrogens with zero attached hydrogens (tertiary/aromatic N) is 2. The maximum Gasteiger partial charge on any atom is 0.255 e. The average Bonchev–Trinajstić information content (AvgIpc) is 2.98. The fraction of sp³-hybridized carbons (Fsp3) is 0.200. The molecule has 1 amide bonds. The summed E-state index contributed by atoms with van der Waals surface area (Å²) in [6, 6.07) is 7.67. The number of nitrogens with one attached hydrogen (secondary N) is 1. The first-order chi connectivity index (χ1) is 12.3. The molecule has 3 aromatic rings. The minimum atomic E-state index is -0.357. The normalized spacial score (nSPS) is 10.8. The molecule has 6 heteroatoms. The van der Waals surface area contributed by atoms with Crippen LogP contribution in [0.25, 0.3) is 28.0 Å². The van der Waals surface area contributed by atoms with Crippen LogP contribution >= 0.6 is 0 Å². The molecule has 5 nitrogen and oxygen atoms in total. The first kappa shape index (κ1) is 17.7. The van der Waals surface area contributed by atoms with Crippen molar-refractivity contribution < 1.29 is 13.6 Å². The molecule has 0 radical (unpaired) electrons. The van der Waals surface area contributed by atoms with Crippen molar-refractivity contribution in [2.75, 3.05) is 26.0 Å². The number of halogens is 1. The quantitative estimate of drug-likeness (QED) is 0.767. The second-order valence-corrected chi connectivity index (χ2v) is 6.28. The number of hydrogen-bond donors (Lipinski definition) is 1. The van der Waals surface area contributed by atoms with Gasteiger partial charge in [-0.2, -0.15) is 4.98 Å². The van der Waals surface area contributed by atoms with E-state index in [0.29, 0.717) is 33.8 Å². The van der Waals surface area contributed by atoms with Gasteiger partial charge in [0, 0.05) is 32.3 Å². The second-order valence-electron chi connectivity index (χ2n) is 6.28. The van der Waals surface area contributed by atoms with Gasteiger partial charge < -0.3 is 14.6 Å². The maximum absolute atomic E-state index is 13.3. The molecular formula is C20H20FN3O2. The molecule has 0 fully saturated rings. The lowest BCUT2D eigenvalue weighted by Gasteiger charge is -2.16. The monoisotopic (exact) mass is 353 g/mol. The summed E-state index contributed by atoms with van der Waals surface area (Å²) in [6.45, 7) is 5.89. The van der Waals surface area contributed by atoms with Crippen LogP contribution in [-0.2, 0) is 0 Å². The Bertz CT molecular complexity index is 1000. The van der Waals surface area contributed by atoms with Crippen LogP contribution in [0.5, 0.6) is 0 Å². The highest BCUT2D eigenvalue weighted by atomic mass is 19.1. The van der Waals surface area contributed by atoms with Gasteiger partial charge in [-0.05, 0) is 42.8 Å². The van der Waals surface area contributed by atoms with Crippen LogP contribution in [-0.4, -0.2) is 32.0 Å². The lowest BCUT2D eigenvalue weighted by Crippen LogP contribution is -2.18. The number of furan rings is 1. The highest BCUT2D eigenvalue weighted by molar-refractivity contribution is 6.11. The Morgan fingerprint density at radius 3 is 2.46 bits per heavy atom. The molecule has 0 bridgehead atoms. The number of allylic oxidation sites excluding steroid dienone is 1. The zero-order valence-electron chi connectivity index (χ0n) is 15.2. The van der Waals surface area contributed by atoms with E-state index in [0.717, 1.165) is 11.1 Å². The number of carbonyl (C=O) groups is 1. The van der Waals surface area contributed by atoms with Crippen LogP contribution in [0.3, 0.4) is 0 Å². The summed E-state index contributed by atoms with van der Waals surface area (Å²) in [4.78, 5) is 19.0. The molecule has 2 aromatic heterocycles. The molecule has 0 aliphatic rings. The predicted molar refractivity (Wildman–Crippen MR) is 102 cm³/mol. The molecule has 0 aliphatic heterocycles. The summed E-state index contributed by atoms with van der Waals surface area (Å²) in [5.74, 6) is 0.405. The minimum absolute atomic E-state index is 0.296. The molecule has 0 saturated carbocycles. The van der Waals surface area contributed by atoms with Gasteiger partial charge in [0.1, 0.15) is 17.4 Å². The molecule has 0 spiro atoms. The predicted octanol–water partition coefficient (Wildman–Crippen LogP) is 4.09. The van der Waals surface area contributed by atoms with Gasteiger partial charge in [0.15, 0.2) is 0 Å². The number of anilines is 1. The third-order valence-corrected chi connectivity index (χ3v) is 4.11. The minimum Gasteiger partial charge on any atom is -0.437 e. The highest BCUT2D eigenvalue weighted by Gasteiger charge is 2.24. The molecule has 26 heavy (non-hydrogen) atoms. The Labute approximate surface area is 151 Å². The number of amides is 1. The van der Waals surface area contributed by atoms with E-state index in [2.05, 4.69) is 16.9 Å². The summed E-state index contributed by atoms with van der Waals surface area (Å²) in [6.07, 6.45) is 0. The van der Waals surface area contributed by atoms with Crippen molar-refractivity contribution in [2.45, 2.75) is 6.92 Å². The topological polar surface area (TPSA) is 58.4 Å². The van der Waals surface area contributed by atoms with E-state index in [1.807, 2.05) is 32.0 Å². The van der Waals surface area contributed by atoms with Gasteiger partial charge in [-0.15, -0.1) is 0 Å². The number of carbonyl (C=O) groups excluding carboxylic acids is 1. The van der Waals surface area contributed by atoms with Crippen molar-refractivity contribution in [2.24, 2.45) is 0 Å². The zero-order valence-corrected chi connectivity index (χ0v) is 15.2. The molecular weight excluding hydrogens is 333 g/mol. The van der Waals surface area contributed by atoms with Crippen LogP contribution in [0, 0.1) is 5.82 Å². The molecule has 0 atom stereocenters. The first-order valence-corrected chi connectivity index (χ1v) is 8.12. The third kappa shape index (κ3) is 2.94. The van der Waals surface area contributed by atoms with Crippen molar-refractivity contribution in [1.82, 2.24) is 10.3 Å². The Hall–Kier alpha value is -3.15. The second kappa shape index (κ2) is 6.63. The van der Waals surface area contributed by atoms with Gasteiger partial charge in [-0.1, -0.05) is 6.58 Å². The summed E-state index contributed by atoms with van der Waals surface area (Å²) < 4.78 is 19.2. The van der Waals surface area contributed by atoms with Gasteiger partial charge in [0.2, 0.25) is 5.71 Å².